The van der Waals surface area contributed by atoms with Gasteiger partial charge in [-0.05, 0) is 38.2 Å². The Balaban J connectivity index is 2.06. The maximum atomic E-state index is 14.6. The molecular formula is C21H22NO2P. The second kappa shape index (κ2) is 6.24. The van der Waals surface area contributed by atoms with Crippen molar-refractivity contribution in [2.24, 2.45) is 0 Å². The highest BCUT2D eigenvalue weighted by Gasteiger charge is 2.37. The molecule has 4 heteroatoms. The van der Waals surface area contributed by atoms with Gasteiger partial charge in [0, 0.05) is 15.9 Å². The van der Waals surface area contributed by atoms with Gasteiger partial charge in [-0.2, -0.15) is 4.73 Å². The van der Waals surface area contributed by atoms with Crippen molar-refractivity contribution in [1.82, 2.24) is 4.73 Å². The van der Waals surface area contributed by atoms with Gasteiger partial charge >= 0.3 is 0 Å². The first kappa shape index (κ1) is 16.2. The molecule has 25 heavy (non-hydrogen) atoms. The molecule has 0 spiro atoms. The van der Waals surface area contributed by atoms with E-state index < -0.39 is 7.14 Å². The van der Waals surface area contributed by atoms with Crippen molar-refractivity contribution in [3.63, 3.8) is 0 Å². The Morgan fingerprint density at radius 3 is 1.96 bits per heavy atom. The van der Waals surface area contributed by atoms with Crippen molar-refractivity contribution in [3.8, 4) is 0 Å². The molecule has 0 fully saturated rings. The lowest BCUT2D eigenvalue weighted by Crippen LogP contribution is -2.28. The average molecular weight is 351 g/mol. The first-order valence-corrected chi connectivity index (χ1v) is 10.5. The standard InChI is InChI=1S/C21H22NO2P/c1-16-21(19-14-8-9-15-20(19)22(16)23)25(24,17-10-4-2-5-11-17)18-12-6-3-7-13-18/h2-7,10-13,23H,8-9,14-15H2,1H3. The summed E-state index contributed by atoms with van der Waals surface area (Å²) in [6, 6.07) is 19.4. The lowest BCUT2D eigenvalue weighted by atomic mass is 9.98. The van der Waals surface area contributed by atoms with Crippen molar-refractivity contribution < 1.29 is 9.77 Å². The molecule has 0 radical (unpaired) electrons. The summed E-state index contributed by atoms with van der Waals surface area (Å²) in [6.45, 7) is 1.88. The molecule has 0 atom stereocenters. The number of aromatic nitrogens is 1. The Morgan fingerprint density at radius 2 is 1.40 bits per heavy atom. The summed E-state index contributed by atoms with van der Waals surface area (Å²) in [5.74, 6) is 0. The lowest BCUT2D eigenvalue weighted by molar-refractivity contribution is 0.170. The number of hydrogen-bond donors (Lipinski definition) is 1. The van der Waals surface area contributed by atoms with Gasteiger partial charge in [-0.25, -0.2) is 0 Å². The SMILES string of the molecule is Cc1c(P(=O)(c2ccccc2)c2ccccc2)c2c(n1O)CCCC2. The Bertz CT molecular complexity index is 902. The summed E-state index contributed by atoms with van der Waals surface area (Å²) < 4.78 is 15.9. The minimum absolute atomic E-state index is 0.711. The Kier molecular flexibility index (Phi) is 4.05. The van der Waals surface area contributed by atoms with Crippen LogP contribution in [0.4, 0.5) is 0 Å². The van der Waals surface area contributed by atoms with Gasteiger partial charge in [-0.3, -0.25) is 0 Å². The fourth-order valence-corrected chi connectivity index (χ4v) is 7.17. The number of nitrogens with zero attached hydrogens (tertiary/aromatic N) is 1. The largest absolute Gasteiger partial charge is 0.428 e. The van der Waals surface area contributed by atoms with Crippen LogP contribution in [-0.4, -0.2) is 9.94 Å². The van der Waals surface area contributed by atoms with Gasteiger partial charge < -0.3 is 9.77 Å². The molecule has 128 valence electrons. The minimum Gasteiger partial charge on any atom is -0.428 e. The average Bonchev–Trinajstić information content (AvgIpc) is 2.94. The highest BCUT2D eigenvalue weighted by molar-refractivity contribution is 7.85. The van der Waals surface area contributed by atoms with Crippen LogP contribution in [0.3, 0.4) is 0 Å². The van der Waals surface area contributed by atoms with Crippen molar-refractivity contribution >= 4 is 23.1 Å². The quantitative estimate of drug-likeness (QED) is 0.579. The van der Waals surface area contributed by atoms with E-state index >= 15 is 0 Å². The molecule has 1 heterocycles. The second-order valence-corrected chi connectivity index (χ2v) is 9.36. The van der Waals surface area contributed by atoms with Crippen molar-refractivity contribution in [2.45, 2.75) is 32.6 Å². The van der Waals surface area contributed by atoms with Crippen molar-refractivity contribution in [3.05, 3.63) is 77.6 Å². The van der Waals surface area contributed by atoms with Gasteiger partial charge in [0.25, 0.3) is 0 Å². The van der Waals surface area contributed by atoms with E-state index in [1.165, 1.54) is 4.73 Å². The van der Waals surface area contributed by atoms with Gasteiger partial charge in [0.05, 0.1) is 11.4 Å². The number of fused-ring (bicyclic) bond motifs is 1. The van der Waals surface area contributed by atoms with E-state index in [4.69, 9.17) is 0 Å². The number of rotatable bonds is 3. The van der Waals surface area contributed by atoms with Crippen molar-refractivity contribution in [2.75, 3.05) is 0 Å². The highest BCUT2D eigenvalue weighted by Crippen LogP contribution is 2.46. The van der Waals surface area contributed by atoms with Crippen LogP contribution in [0.25, 0.3) is 0 Å². The van der Waals surface area contributed by atoms with E-state index in [1.54, 1.807) is 0 Å². The zero-order valence-corrected chi connectivity index (χ0v) is 15.2. The molecule has 1 aliphatic carbocycles. The third-order valence-electron chi connectivity index (χ3n) is 5.20. The molecule has 1 N–H and O–H groups in total. The van der Waals surface area contributed by atoms with Gasteiger partial charge in [0.2, 0.25) is 0 Å². The molecule has 0 saturated heterocycles. The molecule has 0 saturated carbocycles. The molecule has 0 aliphatic heterocycles. The van der Waals surface area contributed by atoms with Crippen LogP contribution in [-0.2, 0) is 17.4 Å². The van der Waals surface area contributed by atoms with Crippen LogP contribution in [0, 0.1) is 6.92 Å². The molecule has 3 aromatic rings. The van der Waals surface area contributed by atoms with Crippen LogP contribution in [0.2, 0.25) is 0 Å². The van der Waals surface area contributed by atoms with E-state index in [0.717, 1.165) is 52.9 Å². The predicted molar refractivity (Wildman–Crippen MR) is 102 cm³/mol. The molecule has 3 nitrogen and oxygen atoms in total. The summed E-state index contributed by atoms with van der Waals surface area (Å²) in [7, 11) is -3.03. The van der Waals surface area contributed by atoms with Crippen molar-refractivity contribution in [1.29, 1.82) is 0 Å². The molecule has 0 unspecified atom stereocenters. The zero-order chi connectivity index (χ0) is 17.4. The van der Waals surface area contributed by atoms with E-state index in [2.05, 4.69) is 0 Å². The fourth-order valence-electron chi connectivity index (χ4n) is 4.00. The topological polar surface area (TPSA) is 42.2 Å². The Morgan fingerprint density at radius 1 is 0.880 bits per heavy atom. The maximum Gasteiger partial charge on any atom is 0.173 e. The summed E-state index contributed by atoms with van der Waals surface area (Å²) in [5.41, 5.74) is 2.73. The summed E-state index contributed by atoms with van der Waals surface area (Å²) >= 11 is 0. The number of benzene rings is 2. The van der Waals surface area contributed by atoms with E-state index in [-0.39, 0.29) is 0 Å². The van der Waals surface area contributed by atoms with Crippen LogP contribution >= 0.6 is 7.14 Å². The molecule has 4 rings (SSSR count). The van der Waals surface area contributed by atoms with E-state index in [1.807, 2.05) is 67.6 Å². The summed E-state index contributed by atoms with van der Waals surface area (Å²) in [5, 5.41) is 13.1. The van der Waals surface area contributed by atoms with Crippen LogP contribution in [0.15, 0.2) is 60.7 Å². The third-order valence-corrected chi connectivity index (χ3v) is 8.47. The summed E-state index contributed by atoms with van der Waals surface area (Å²) in [4.78, 5) is 0. The smallest absolute Gasteiger partial charge is 0.173 e. The Labute approximate surface area is 148 Å². The van der Waals surface area contributed by atoms with Gasteiger partial charge in [-0.1, -0.05) is 60.7 Å². The van der Waals surface area contributed by atoms with Gasteiger partial charge in [0.15, 0.2) is 7.14 Å². The molecule has 0 amide bonds. The van der Waals surface area contributed by atoms with Gasteiger partial charge in [0.1, 0.15) is 0 Å². The molecule has 0 bridgehead atoms. The normalized spacial score (nSPS) is 14.3. The maximum absolute atomic E-state index is 14.6. The molecule has 2 aromatic carbocycles. The van der Waals surface area contributed by atoms with E-state index in [0.29, 0.717) is 5.69 Å². The fraction of sp³-hybridized carbons (Fsp3) is 0.238. The third kappa shape index (κ3) is 2.46. The minimum atomic E-state index is -3.03. The van der Waals surface area contributed by atoms with Crippen LogP contribution < -0.4 is 15.9 Å². The predicted octanol–water partition coefficient (Wildman–Crippen LogP) is 3.55. The first-order chi connectivity index (χ1) is 12.1. The van der Waals surface area contributed by atoms with Gasteiger partial charge in [-0.15, -0.1) is 0 Å². The highest BCUT2D eigenvalue weighted by atomic mass is 31.2. The van der Waals surface area contributed by atoms with Crippen LogP contribution in [0.5, 0.6) is 0 Å². The first-order valence-electron chi connectivity index (χ1n) is 8.78. The number of hydrogen-bond acceptors (Lipinski definition) is 2. The second-order valence-electron chi connectivity index (χ2n) is 6.66. The molecule has 1 aromatic heterocycles. The molecule has 1 aliphatic rings. The summed E-state index contributed by atoms with van der Waals surface area (Å²) in [6.07, 6.45) is 3.86. The zero-order valence-electron chi connectivity index (χ0n) is 14.4. The Hall–Kier alpha value is -2.25. The lowest BCUT2D eigenvalue weighted by Gasteiger charge is -2.22. The monoisotopic (exact) mass is 351 g/mol. The van der Waals surface area contributed by atoms with Crippen LogP contribution in [0.1, 0.15) is 29.8 Å². The molecular weight excluding hydrogens is 329 g/mol. The van der Waals surface area contributed by atoms with E-state index in [9.17, 15) is 9.77 Å².